The van der Waals surface area contributed by atoms with Crippen LogP contribution in [0.4, 0.5) is 0 Å². The van der Waals surface area contributed by atoms with Gasteiger partial charge in [-0.15, -0.1) is 0 Å². The lowest BCUT2D eigenvalue weighted by atomic mass is 10.0. The van der Waals surface area contributed by atoms with Crippen molar-refractivity contribution in [3.8, 4) is 11.1 Å². The third-order valence-corrected chi connectivity index (χ3v) is 6.34. The fraction of sp³-hybridized carbons (Fsp3) is 0. The molecule has 2 aromatic heterocycles. The summed E-state index contributed by atoms with van der Waals surface area (Å²) in [7, 11) is 0. The molecule has 0 amide bonds. The molecule has 0 saturated carbocycles. The first-order valence-corrected chi connectivity index (χ1v) is 10.3. The molecule has 0 unspecified atom stereocenters. The van der Waals surface area contributed by atoms with Crippen LogP contribution in [0.15, 0.2) is 97.1 Å². The average molecular weight is 382 g/mol. The summed E-state index contributed by atoms with van der Waals surface area (Å²) in [5.41, 5.74) is 7.22. The van der Waals surface area contributed by atoms with Crippen molar-refractivity contribution in [2.24, 2.45) is 0 Å². The van der Waals surface area contributed by atoms with Crippen LogP contribution in [0.25, 0.3) is 65.5 Å². The molecule has 0 radical (unpaired) electrons. The van der Waals surface area contributed by atoms with Gasteiger partial charge in [0.15, 0.2) is 0 Å². The van der Waals surface area contributed by atoms with E-state index in [1.165, 1.54) is 65.5 Å². The van der Waals surface area contributed by atoms with Crippen LogP contribution in [0, 0.1) is 0 Å². The molecule has 140 valence electrons. The van der Waals surface area contributed by atoms with Crippen molar-refractivity contribution in [1.29, 1.82) is 0 Å². The van der Waals surface area contributed by atoms with Gasteiger partial charge in [0.25, 0.3) is 0 Å². The van der Waals surface area contributed by atoms with Gasteiger partial charge in [0.2, 0.25) is 0 Å². The Morgan fingerprint density at radius 3 is 2.07 bits per heavy atom. The lowest BCUT2D eigenvalue weighted by Gasteiger charge is -2.03. The number of nitrogens with one attached hydrogen (secondary N) is 2. The van der Waals surface area contributed by atoms with Crippen molar-refractivity contribution >= 4 is 54.4 Å². The molecule has 0 spiro atoms. The summed E-state index contributed by atoms with van der Waals surface area (Å²) in [4.78, 5) is 7.20. The average Bonchev–Trinajstić information content (AvgIpc) is 3.36. The fourth-order valence-corrected chi connectivity index (χ4v) is 4.86. The van der Waals surface area contributed by atoms with Crippen molar-refractivity contribution in [1.82, 2.24) is 9.97 Å². The molecule has 7 rings (SSSR count). The van der Waals surface area contributed by atoms with Gasteiger partial charge in [0.05, 0.1) is 5.52 Å². The van der Waals surface area contributed by atoms with Crippen LogP contribution in [0.5, 0.6) is 0 Å². The van der Waals surface area contributed by atoms with Gasteiger partial charge >= 0.3 is 0 Å². The van der Waals surface area contributed by atoms with Crippen molar-refractivity contribution in [2.75, 3.05) is 0 Å². The lowest BCUT2D eigenvalue weighted by Crippen LogP contribution is -1.79. The Morgan fingerprint density at radius 1 is 0.400 bits per heavy atom. The Morgan fingerprint density at radius 2 is 1.10 bits per heavy atom. The van der Waals surface area contributed by atoms with E-state index in [1.807, 2.05) is 0 Å². The number of hydrogen-bond acceptors (Lipinski definition) is 0. The van der Waals surface area contributed by atoms with Crippen molar-refractivity contribution in [3.63, 3.8) is 0 Å². The SMILES string of the molecule is c1ccc2c(c1)ccc1c3ccc(-c4ccc5[nH]c6ccccc6c5c4)cc3[nH]c21. The van der Waals surface area contributed by atoms with Gasteiger partial charge in [0.1, 0.15) is 0 Å². The first-order valence-electron chi connectivity index (χ1n) is 10.3. The Labute approximate surface area is 172 Å². The molecule has 0 atom stereocenters. The molecule has 30 heavy (non-hydrogen) atoms. The van der Waals surface area contributed by atoms with E-state index in [0.717, 1.165) is 0 Å². The molecule has 0 aliphatic heterocycles. The summed E-state index contributed by atoms with van der Waals surface area (Å²) in [6.07, 6.45) is 0. The number of aromatic amines is 2. The van der Waals surface area contributed by atoms with Gasteiger partial charge in [-0.3, -0.25) is 0 Å². The predicted octanol–water partition coefficient (Wildman–Crippen LogP) is 7.78. The fourth-order valence-electron chi connectivity index (χ4n) is 4.86. The predicted molar refractivity (Wildman–Crippen MR) is 128 cm³/mol. The second kappa shape index (κ2) is 5.74. The van der Waals surface area contributed by atoms with Gasteiger partial charge in [-0.05, 0) is 40.8 Å². The number of aromatic nitrogens is 2. The van der Waals surface area contributed by atoms with Gasteiger partial charge in [0, 0.05) is 43.5 Å². The highest BCUT2D eigenvalue weighted by Crippen LogP contribution is 2.35. The first-order chi connectivity index (χ1) is 14.8. The van der Waals surface area contributed by atoms with E-state index < -0.39 is 0 Å². The quantitative estimate of drug-likeness (QED) is 0.290. The molecule has 2 nitrogen and oxygen atoms in total. The molecule has 0 aliphatic carbocycles. The highest BCUT2D eigenvalue weighted by molar-refractivity contribution is 6.17. The molecule has 2 heteroatoms. The highest BCUT2D eigenvalue weighted by atomic mass is 14.7. The van der Waals surface area contributed by atoms with Crippen LogP contribution in [-0.4, -0.2) is 9.97 Å². The van der Waals surface area contributed by atoms with Crippen LogP contribution >= 0.6 is 0 Å². The summed E-state index contributed by atoms with van der Waals surface area (Å²) in [5.74, 6) is 0. The van der Waals surface area contributed by atoms with Crippen LogP contribution in [0.1, 0.15) is 0 Å². The normalized spacial score (nSPS) is 12.0. The zero-order chi connectivity index (χ0) is 19.7. The lowest BCUT2D eigenvalue weighted by molar-refractivity contribution is 1.54. The summed E-state index contributed by atoms with van der Waals surface area (Å²) in [5, 5.41) is 7.63. The number of H-pyrrole nitrogens is 2. The summed E-state index contributed by atoms with van der Waals surface area (Å²) in [6, 6.07) is 35.0. The zero-order valence-electron chi connectivity index (χ0n) is 16.2. The zero-order valence-corrected chi connectivity index (χ0v) is 16.2. The minimum Gasteiger partial charge on any atom is -0.355 e. The molecule has 0 saturated heterocycles. The second-order valence-corrected chi connectivity index (χ2v) is 8.03. The third kappa shape index (κ3) is 2.13. The maximum atomic E-state index is 3.69. The second-order valence-electron chi connectivity index (χ2n) is 8.03. The van der Waals surface area contributed by atoms with Gasteiger partial charge in [-0.2, -0.15) is 0 Å². The van der Waals surface area contributed by atoms with E-state index in [9.17, 15) is 0 Å². The minimum atomic E-state index is 1.18. The molecule has 2 heterocycles. The van der Waals surface area contributed by atoms with E-state index in [1.54, 1.807) is 0 Å². The summed E-state index contributed by atoms with van der Waals surface area (Å²) >= 11 is 0. The number of benzene rings is 5. The topological polar surface area (TPSA) is 31.6 Å². The van der Waals surface area contributed by atoms with Gasteiger partial charge in [-0.25, -0.2) is 0 Å². The number of hydrogen-bond donors (Lipinski definition) is 2. The smallest absolute Gasteiger partial charge is 0.0544 e. The maximum Gasteiger partial charge on any atom is 0.0544 e. The van der Waals surface area contributed by atoms with Crippen molar-refractivity contribution in [2.45, 2.75) is 0 Å². The van der Waals surface area contributed by atoms with Gasteiger partial charge < -0.3 is 9.97 Å². The van der Waals surface area contributed by atoms with Crippen LogP contribution < -0.4 is 0 Å². The highest BCUT2D eigenvalue weighted by Gasteiger charge is 2.10. The Bertz CT molecular complexity index is 1750. The van der Waals surface area contributed by atoms with Crippen LogP contribution in [-0.2, 0) is 0 Å². The van der Waals surface area contributed by atoms with E-state index in [-0.39, 0.29) is 0 Å². The van der Waals surface area contributed by atoms with E-state index >= 15 is 0 Å². The molecule has 5 aromatic carbocycles. The molecule has 7 aromatic rings. The van der Waals surface area contributed by atoms with Crippen molar-refractivity contribution < 1.29 is 0 Å². The Hall–Kier alpha value is -4.04. The third-order valence-electron chi connectivity index (χ3n) is 6.34. The number of para-hydroxylation sites is 1. The van der Waals surface area contributed by atoms with Crippen LogP contribution in [0.3, 0.4) is 0 Å². The number of rotatable bonds is 1. The minimum absolute atomic E-state index is 1.18. The molecular formula is C28H18N2. The van der Waals surface area contributed by atoms with Gasteiger partial charge in [-0.1, -0.05) is 72.8 Å². The first kappa shape index (κ1) is 15.8. The Balaban J connectivity index is 1.47. The molecule has 0 aliphatic rings. The standard InChI is InChI=1S/C28H18N2/c1-2-6-20-17(5-1)9-13-23-22-12-10-19(16-27(22)30-28(20)23)18-11-14-26-24(15-18)21-7-3-4-8-25(21)29-26/h1-16,29-30H. The van der Waals surface area contributed by atoms with E-state index in [0.29, 0.717) is 0 Å². The summed E-state index contributed by atoms with van der Waals surface area (Å²) < 4.78 is 0. The molecule has 0 fully saturated rings. The Kier molecular flexibility index (Phi) is 3.03. The summed E-state index contributed by atoms with van der Waals surface area (Å²) in [6.45, 7) is 0. The molecule has 2 N–H and O–H groups in total. The van der Waals surface area contributed by atoms with E-state index in [2.05, 4.69) is 107 Å². The number of fused-ring (bicyclic) bond motifs is 8. The maximum absolute atomic E-state index is 3.69. The monoisotopic (exact) mass is 382 g/mol. The largest absolute Gasteiger partial charge is 0.355 e. The van der Waals surface area contributed by atoms with E-state index in [4.69, 9.17) is 0 Å². The molecule has 0 bridgehead atoms. The van der Waals surface area contributed by atoms with Crippen molar-refractivity contribution in [3.05, 3.63) is 97.1 Å². The van der Waals surface area contributed by atoms with Crippen LogP contribution in [0.2, 0.25) is 0 Å². The molecular weight excluding hydrogens is 364 g/mol.